The first-order valence-corrected chi connectivity index (χ1v) is 11.4. The van der Waals surface area contributed by atoms with Crippen LogP contribution < -0.4 is 16.4 Å². The Kier molecular flexibility index (Phi) is 5.94. The summed E-state index contributed by atoms with van der Waals surface area (Å²) in [6.45, 7) is 0.583. The zero-order valence-corrected chi connectivity index (χ0v) is 18.8. The Morgan fingerprint density at radius 2 is 1.94 bits per heavy atom. The van der Waals surface area contributed by atoms with E-state index in [0.29, 0.717) is 29.8 Å². The van der Waals surface area contributed by atoms with E-state index in [0.717, 1.165) is 21.1 Å². The third-order valence-corrected chi connectivity index (χ3v) is 6.44. The van der Waals surface area contributed by atoms with Gasteiger partial charge in [0.05, 0.1) is 5.56 Å². The number of nitrogens with one attached hydrogen (secondary N) is 2. The smallest absolute Gasteiger partial charge is 0.255 e. The molecule has 1 fully saturated rings. The highest BCUT2D eigenvalue weighted by Crippen LogP contribution is 2.28. The summed E-state index contributed by atoms with van der Waals surface area (Å²) in [5, 5.41) is 5.17. The molecule has 2 aliphatic rings. The average molecular weight is 532 g/mol. The largest absolute Gasteiger partial charge is 0.398 e. The lowest BCUT2D eigenvalue weighted by Gasteiger charge is -2.29. The highest BCUT2D eigenvalue weighted by atomic mass is 127. The van der Waals surface area contributed by atoms with Gasteiger partial charge in [0.25, 0.3) is 11.8 Å². The van der Waals surface area contributed by atoms with Crippen LogP contribution in [-0.4, -0.2) is 34.6 Å². The van der Waals surface area contributed by atoms with Crippen molar-refractivity contribution < 1.29 is 19.2 Å². The molecule has 0 spiro atoms. The first-order chi connectivity index (χ1) is 14.9. The van der Waals surface area contributed by atoms with Crippen molar-refractivity contribution in [1.29, 1.82) is 0 Å². The van der Waals surface area contributed by atoms with Gasteiger partial charge in [0, 0.05) is 35.2 Å². The van der Waals surface area contributed by atoms with Gasteiger partial charge in [-0.15, -0.1) is 0 Å². The van der Waals surface area contributed by atoms with Gasteiger partial charge in [0.2, 0.25) is 11.8 Å². The Labute approximate surface area is 192 Å². The van der Waals surface area contributed by atoms with Crippen molar-refractivity contribution in [2.24, 2.45) is 0 Å². The highest BCUT2D eigenvalue weighted by molar-refractivity contribution is 14.1. The summed E-state index contributed by atoms with van der Waals surface area (Å²) in [6.07, 6.45) is 0.542. The molecule has 2 aliphatic heterocycles. The molecule has 2 aromatic carbocycles. The number of nitrogens with two attached hydrogens (primary N) is 1. The molecule has 4 amide bonds. The van der Waals surface area contributed by atoms with E-state index in [2.05, 4.69) is 33.2 Å². The van der Waals surface area contributed by atoms with Crippen molar-refractivity contribution in [2.75, 3.05) is 5.73 Å². The number of rotatable bonds is 5. The van der Waals surface area contributed by atoms with E-state index in [4.69, 9.17) is 5.73 Å². The fourth-order valence-corrected chi connectivity index (χ4v) is 4.37. The fourth-order valence-electron chi connectivity index (χ4n) is 3.90. The second-order valence-corrected chi connectivity index (χ2v) is 8.39. The number of alkyl halides is 1. The molecule has 4 N–H and O–H groups in total. The molecule has 31 heavy (non-hydrogen) atoms. The molecule has 1 saturated heterocycles. The molecule has 1 atom stereocenters. The van der Waals surface area contributed by atoms with Gasteiger partial charge in [0.1, 0.15) is 6.04 Å². The summed E-state index contributed by atoms with van der Waals surface area (Å²) >= 11 is 2.23. The second-order valence-electron chi connectivity index (χ2n) is 7.63. The topological polar surface area (TPSA) is 122 Å². The third-order valence-electron chi connectivity index (χ3n) is 5.56. The molecule has 0 aromatic heterocycles. The van der Waals surface area contributed by atoms with Crippen molar-refractivity contribution in [3.63, 3.8) is 0 Å². The van der Waals surface area contributed by atoms with Crippen LogP contribution in [0.3, 0.4) is 0 Å². The second kappa shape index (κ2) is 8.66. The number of carbonyl (C=O) groups excluding carboxylic acids is 4. The Morgan fingerprint density at radius 3 is 2.68 bits per heavy atom. The van der Waals surface area contributed by atoms with E-state index in [1.807, 2.05) is 12.1 Å². The van der Waals surface area contributed by atoms with Gasteiger partial charge in [-0.1, -0.05) is 40.8 Å². The van der Waals surface area contributed by atoms with Crippen LogP contribution in [0.4, 0.5) is 5.69 Å². The number of nitrogen functional groups attached to an aromatic ring is 1. The number of anilines is 1. The van der Waals surface area contributed by atoms with Crippen LogP contribution in [-0.2, 0) is 27.1 Å². The van der Waals surface area contributed by atoms with Gasteiger partial charge in [-0.25, -0.2) is 0 Å². The molecular weight excluding hydrogens is 511 g/mol. The highest BCUT2D eigenvalue weighted by Gasteiger charge is 2.39. The van der Waals surface area contributed by atoms with E-state index >= 15 is 0 Å². The molecule has 1 unspecified atom stereocenters. The summed E-state index contributed by atoms with van der Waals surface area (Å²) in [7, 11) is 0. The first-order valence-electron chi connectivity index (χ1n) is 9.86. The van der Waals surface area contributed by atoms with E-state index in [1.54, 1.807) is 24.3 Å². The molecule has 0 radical (unpaired) electrons. The molecule has 0 bridgehead atoms. The molecule has 8 nitrogen and oxygen atoms in total. The zero-order valence-electron chi connectivity index (χ0n) is 16.6. The summed E-state index contributed by atoms with van der Waals surface area (Å²) < 4.78 is 0.779. The van der Waals surface area contributed by atoms with Crippen LogP contribution in [0.25, 0.3) is 0 Å². The zero-order chi connectivity index (χ0) is 22.1. The molecule has 0 saturated carbocycles. The van der Waals surface area contributed by atoms with E-state index in [9.17, 15) is 19.2 Å². The molecule has 2 aromatic rings. The molecule has 160 valence electrons. The van der Waals surface area contributed by atoms with Crippen molar-refractivity contribution in [3.8, 4) is 0 Å². The van der Waals surface area contributed by atoms with E-state index in [-0.39, 0.29) is 30.7 Å². The number of benzene rings is 2. The van der Waals surface area contributed by atoms with Gasteiger partial charge in [0.15, 0.2) is 0 Å². The number of hydrogen-bond acceptors (Lipinski definition) is 5. The van der Waals surface area contributed by atoms with Gasteiger partial charge in [-0.05, 0) is 41.3 Å². The molecular formula is C22H21IN4O4. The lowest BCUT2D eigenvalue weighted by molar-refractivity contribution is -0.136. The minimum absolute atomic E-state index is 0.218. The molecule has 9 heteroatoms. The van der Waals surface area contributed by atoms with Crippen LogP contribution in [0.5, 0.6) is 0 Å². The van der Waals surface area contributed by atoms with Crippen LogP contribution >= 0.6 is 22.6 Å². The normalized spacial score (nSPS) is 18.0. The van der Waals surface area contributed by atoms with Crippen LogP contribution in [0, 0.1) is 0 Å². The predicted molar refractivity (Wildman–Crippen MR) is 122 cm³/mol. The summed E-state index contributed by atoms with van der Waals surface area (Å²) in [5.74, 6) is -1.22. The standard InChI is InChI=1S/C22H21IN4O4/c23-9-12-2-4-17(24)16(8-12)20(29)25-10-13-1-3-15-14(7-13)11-27(22(15)31)18-5-6-19(28)26-21(18)30/h1-4,7-8,18H,5-6,9-11,24H2,(H,25,29)(H,26,28,30). The van der Waals surface area contributed by atoms with Crippen molar-refractivity contribution in [1.82, 2.24) is 15.5 Å². The number of imide groups is 1. The minimum atomic E-state index is -0.645. The maximum atomic E-state index is 12.8. The van der Waals surface area contributed by atoms with Gasteiger partial charge in [-0.3, -0.25) is 24.5 Å². The van der Waals surface area contributed by atoms with Gasteiger partial charge in [-0.2, -0.15) is 0 Å². The number of halogens is 1. The monoisotopic (exact) mass is 532 g/mol. The maximum absolute atomic E-state index is 12.8. The van der Waals surface area contributed by atoms with E-state index < -0.39 is 11.9 Å². The summed E-state index contributed by atoms with van der Waals surface area (Å²) in [6, 6.07) is 10.1. The van der Waals surface area contributed by atoms with Crippen LogP contribution in [0.1, 0.15) is 50.2 Å². The lowest BCUT2D eigenvalue weighted by Crippen LogP contribution is -2.52. The fraction of sp³-hybridized carbons (Fsp3) is 0.273. The first kappa shape index (κ1) is 21.3. The number of nitrogens with zero attached hydrogens (tertiary/aromatic N) is 1. The Morgan fingerprint density at radius 1 is 1.16 bits per heavy atom. The van der Waals surface area contributed by atoms with Gasteiger partial charge < -0.3 is 16.0 Å². The molecule has 4 rings (SSSR count). The molecule has 2 heterocycles. The van der Waals surface area contributed by atoms with Crippen molar-refractivity contribution in [2.45, 2.75) is 36.4 Å². The summed E-state index contributed by atoms with van der Waals surface area (Å²) in [4.78, 5) is 50.4. The predicted octanol–water partition coefficient (Wildman–Crippen LogP) is 1.89. The van der Waals surface area contributed by atoms with Crippen molar-refractivity contribution in [3.05, 3.63) is 64.2 Å². The number of hydrogen-bond donors (Lipinski definition) is 3. The Hall–Kier alpha value is -2.95. The SMILES string of the molecule is Nc1ccc(CI)cc1C(=O)NCc1ccc2c(c1)CN(C1CCC(=O)NC1=O)C2=O. The lowest BCUT2D eigenvalue weighted by atomic mass is 10.0. The number of fused-ring (bicyclic) bond motifs is 1. The minimum Gasteiger partial charge on any atom is -0.398 e. The van der Waals surface area contributed by atoms with Gasteiger partial charge >= 0.3 is 0 Å². The number of amides is 4. The van der Waals surface area contributed by atoms with Crippen LogP contribution in [0.2, 0.25) is 0 Å². The summed E-state index contributed by atoms with van der Waals surface area (Å²) in [5.41, 5.74) is 10.0. The molecule has 0 aliphatic carbocycles. The van der Waals surface area contributed by atoms with E-state index in [1.165, 1.54) is 4.90 Å². The quantitative estimate of drug-likeness (QED) is 0.235. The number of piperidine rings is 1. The Balaban J connectivity index is 1.45. The Bertz CT molecular complexity index is 1100. The average Bonchev–Trinajstić information content (AvgIpc) is 3.08. The number of carbonyl (C=O) groups is 4. The third kappa shape index (κ3) is 4.27. The van der Waals surface area contributed by atoms with Crippen LogP contribution in [0.15, 0.2) is 36.4 Å². The maximum Gasteiger partial charge on any atom is 0.255 e. The van der Waals surface area contributed by atoms with Crippen molar-refractivity contribution >= 4 is 51.9 Å².